The molecule has 0 bridgehead atoms. The van der Waals surface area contributed by atoms with E-state index in [1.807, 2.05) is 52.0 Å². The predicted molar refractivity (Wildman–Crippen MR) is 151 cm³/mol. The highest BCUT2D eigenvalue weighted by molar-refractivity contribution is 14.1. The summed E-state index contributed by atoms with van der Waals surface area (Å²) in [6.45, 7) is 8.43. The summed E-state index contributed by atoms with van der Waals surface area (Å²) in [5.74, 6) is -0.354. The van der Waals surface area contributed by atoms with E-state index in [4.69, 9.17) is 9.47 Å². The van der Waals surface area contributed by atoms with Crippen LogP contribution in [0.1, 0.15) is 34.7 Å². The fourth-order valence-corrected chi connectivity index (χ4v) is 4.95. The van der Waals surface area contributed by atoms with E-state index in [1.165, 1.54) is 6.08 Å². The summed E-state index contributed by atoms with van der Waals surface area (Å²) in [6, 6.07) is 16.2. The van der Waals surface area contributed by atoms with Gasteiger partial charge in [-0.15, -0.1) is 0 Å². The summed E-state index contributed by atoms with van der Waals surface area (Å²) >= 11 is 2.15. The fraction of sp³-hybridized carbons (Fsp3) is 0.207. The van der Waals surface area contributed by atoms with E-state index in [1.54, 1.807) is 24.3 Å². The lowest BCUT2D eigenvalue weighted by molar-refractivity contribution is -0.122. The predicted octanol–water partition coefficient (Wildman–Crippen LogP) is 5.86. The molecular formula is C29H27IN2O5. The molecule has 0 spiro atoms. The number of urea groups is 1. The van der Waals surface area contributed by atoms with Crippen molar-refractivity contribution in [3.8, 4) is 11.5 Å². The van der Waals surface area contributed by atoms with Crippen molar-refractivity contribution in [2.24, 2.45) is 0 Å². The van der Waals surface area contributed by atoms with Gasteiger partial charge in [0.1, 0.15) is 12.2 Å². The number of ether oxygens (including phenoxy) is 2. The smallest absolute Gasteiger partial charge is 0.335 e. The fourth-order valence-electron chi connectivity index (χ4n) is 4.17. The maximum Gasteiger partial charge on any atom is 0.335 e. The van der Waals surface area contributed by atoms with Crippen LogP contribution in [0.3, 0.4) is 0 Å². The Labute approximate surface area is 229 Å². The number of halogens is 1. The third kappa shape index (κ3) is 6.02. The zero-order valence-electron chi connectivity index (χ0n) is 21.1. The van der Waals surface area contributed by atoms with Crippen molar-refractivity contribution >= 4 is 52.2 Å². The van der Waals surface area contributed by atoms with Gasteiger partial charge in [0, 0.05) is 0 Å². The van der Waals surface area contributed by atoms with Crippen LogP contribution in [0.25, 0.3) is 6.08 Å². The number of amides is 4. The van der Waals surface area contributed by atoms with E-state index in [0.717, 1.165) is 30.7 Å². The second-order valence-electron chi connectivity index (χ2n) is 8.84. The molecule has 7 nitrogen and oxygen atoms in total. The maximum absolute atomic E-state index is 13.3. The normalized spacial score (nSPS) is 14.7. The van der Waals surface area contributed by atoms with Crippen LogP contribution in [0.4, 0.5) is 10.5 Å². The highest BCUT2D eigenvalue weighted by Gasteiger charge is 2.37. The third-order valence-corrected chi connectivity index (χ3v) is 6.48. The molecule has 3 aromatic carbocycles. The number of aryl methyl sites for hydroxylation is 3. The molecule has 4 rings (SSSR count). The Morgan fingerprint density at radius 3 is 2.32 bits per heavy atom. The molecule has 1 saturated heterocycles. The molecule has 0 radical (unpaired) electrons. The second-order valence-corrected chi connectivity index (χ2v) is 10.0. The van der Waals surface area contributed by atoms with Crippen LogP contribution in [0.5, 0.6) is 11.5 Å². The molecule has 1 N–H and O–H groups in total. The summed E-state index contributed by atoms with van der Waals surface area (Å²) in [4.78, 5) is 39.6. The van der Waals surface area contributed by atoms with Crippen LogP contribution >= 0.6 is 22.6 Å². The van der Waals surface area contributed by atoms with Crippen LogP contribution in [-0.2, 0) is 16.2 Å². The zero-order valence-corrected chi connectivity index (χ0v) is 23.2. The lowest BCUT2D eigenvalue weighted by atomic mass is 10.0. The van der Waals surface area contributed by atoms with E-state index in [9.17, 15) is 14.4 Å². The molecular weight excluding hydrogens is 583 g/mol. The van der Waals surface area contributed by atoms with Crippen molar-refractivity contribution in [3.63, 3.8) is 0 Å². The Balaban J connectivity index is 1.67. The van der Waals surface area contributed by atoms with Gasteiger partial charge >= 0.3 is 6.03 Å². The van der Waals surface area contributed by atoms with E-state index in [2.05, 4.69) is 34.0 Å². The SMILES string of the molecule is CCOc1cc(/C=C2\C(=O)NC(=O)N(c3cc(C)cc(C)c3)C2=O)cc(I)c1OCc1cccc(C)c1. The average molecular weight is 610 g/mol. The highest BCUT2D eigenvalue weighted by Crippen LogP contribution is 2.36. The van der Waals surface area contributed by atoms with Gasteiger partial charge in [0.05, 0.1) is 15.9 Å². The highest BCUT2D eigenvalue weighted by atomic mass is 127. The first-order valence-electron chi connectivity index (χ1n) is 11.8. The maximum atomic E-state index is 13.3. The molecule has 1 fully saturated rings. The van der Waals surface area contributed by atoms with Crippen LogP contribution in [0.2, 0.25) is 0 Å². The van der Waals surface area contributed by atoms with E-state index in [0.29, 0.717) is 36.0 Å². The number of anilines is 1. The summed E-state index contributed by atoms with van der Waals surface area (Å²) in [7, 11) is 0. The van der Waals surface area contributed by atoms with Gasteiger partial charge in [-0.05, 0) is 103 Å². The average Bonchev–Trinajstić information content (AvgIpc) is 2.81. The van der Waals surface area contributed by atoms with Crippen LogP contribution in [-0.4, -0.2) is 24.5 Å². The summed E-state index contributed by atoms with van der Waals surface area (Å²) in [6.07, 6.45) is 1.47. The minimum absolute atomic E-state index is 0.148. The molecule has 0 unspecified atom stereocenters. The molecule has 37 heavy (non-hydrogen) atoms. The monoisotopic (exact) mass is 610 g/mol. The van der Waals surface area contributed by atoms with Gasteiger partial charge < -0.3 is 9.47 Å². The molecule has 0 atom stereocenters. The Morgan fingerprint density at radius 2 is 1.65 bits per heavy atom. The first kappa shape index (κ1) is 26.4. The van der Waals surface area contributed by atoms with Crippen molar-refractivity contribution in [2.75, 3.05) is 11.5 Å². The first-order chi connectivity index (χ1) is 17.7. The summed E-state index contributed by atoms with van der Waals surface area (Å²) in [5, 5.41) is 2.28. The molecule has 4 amide bonds. The van der Waals surface area contributed by atoms with Gasteiger partial charge in [0.2, 0.25) is 0 Å². The molecule has 1 aliphatic heterocycles. The minimum Gasteiger partial charge on any atom is -0.490 e. The number of hydrogen-bond acceptors (Lipinski definition) is 5. The molecule has 190 valence electrons. The number of carbonyl (C=O) groups is 3. The number of rotatable bonds is 7. The lowest BCUT2D eigenvalue weighted by Gasteiger charge is -2.27. The lowest BCUT2D eigenvalue weighted by Crippen LogP contribution is -2.54. The minimum atomic E-state index is -0.776. The summed E-state index contributed by atoms with van der Waals surface area (Å²) in [5.41, 5.74) is 4.80. The van der Waals surface area contributed by atoms with Crippen LogP contribution in [0.15, 0.2) is 60.2 Å². The number of carbonyl (C=O) groups excluding carboxylic acids is 3. The van der Waals surface area contributed by atoms with Crippen molar-refractivity contribution < 1.29 is 23.9 Å². The van der Waals surface area contributed by atoms with Crippen molar-refractivity contribution in [3.05, 3.63) is 91.6 Å². The standard InChI is InChI=1S/C29H27IN2O5/c1-5-36-25-15-21(14-24(30)26(25)37-16-20-8-6-7-17(2)10-20)13-23-27(33)31-29(35)32(28(23)34)22-11-18(3)9-19(4)12-22/h6-15H,5,16H2,1-4H3,(H,31,33,35)/b23-13+. The number of barbiturate groups is 1. The molecule has 3 aromatic rings. The summed E-state index contributed by atoms with van der Waals surface area (Å²) < 4.78 is 12.7. The Bertz CT molecular complexity index is 1410. The van der Waals surface area contributed by atoms with Gasteiger partial charge in [0.25, 0.3) is 11.8 Å². The Hall–Kier alpha value is -3.66. The molecule has 1 aliphatic rings. The van der Waals surface area contributed by atoms with Crippen molar-refractivity contribution in [1.29, 1.82) is 0 Å². The van der Waals surface area contributed by atoms with E-state index >= 15 is 0 Å². The molecule has 0 saturated carbocycles. The number of benzene rings is 3. The number of hydrogen-bond donors (Lipinski definition) is 1. The van der Waals surface area contributed by atoms with Gasteiger partial charge in [-0.1, -0.05) is 35.9 Å². The first-order valence-corrected chi connectivity index (χ1v) is 12.9. The third-order valence-electron chi connectivity index (χ3n) is 5.67. The quantitative estimate of drug-likeness (QED) is 0.206. The molecule has 8 heteroatoms. The van der Waals surface area contributed by atoms with Crippen molar-refractivity contribution in [2.45, 2.75) is 34.3 Å². The van der Waals surface area contributed by atoms with Crippen LogP contribution < -0.4 is 19.7 Å². The molecule has 1 heterocycles. The number of nitrogens with one attached hydrogen (secondary N) is 1. The Kier molecular flexibility index (Phi) is 7.97. The molecule has 0 aromatic heterocycles. The number of imide groups is 2. The van der Waals surface area contributed by atoms with Crippen molar-refractivity contribution in [1.82, 2.24) is 5.32 Å². The van der Waals surface area contributed by atoms with Gasteiger partial charge in [-0.3, -0.25) is 14.9 Å². The van der Waals surface area contributed by atoms with Crippen LogP contribution in [0, 0.1) is 24.3 Å². The van der Waals surface area contributed by atoms with Gasteiger partial charge in [-0.2, -0.15) is 0 Å². The Morgan fingerprint density at radius 1 is 0.919 bits per heavy atom. The zero-order chi connectivity index (χ0) is 26.7. The van der Waals surface area contributed by atoms with Gasteiger partial charge in [-0.25, -0.2) is 9.69 Å². The number of nitrogens with zero attached hydrogens (tertiary/aromatic N) is 1. The largest absolute Gasteiger partial charge is 0.490 e. The van der Waals surface area contributed by atoms with E-state index in [-0.39, 0.29) is 5.57 Å². The van der Waals surface area contributed by atoms with Gasteiger partial charge in [0.15, 0.2) is 11.5 Å². The topological polar surface area (TPSA) is 84.9 Å². The van der Waals surface area contributed by atoms with E-state index < -0.39 is 17.8 Å². The second kappa shape index (κ2) is 11.2. The molecule has 0 aliphatic carbocycles.